The molecule has 0 bridgehead atoms. The van der Waals surface area contributed by atoms with E-state index in [1.54, 1.807) is 7.11 Å². The maximum atomic E-state index is 5.85. The largest absolute Gasteiger partial charge is 0.497 e. The van der Waals surface area contributed by atoms with Crippen LogP contribution < -0.4 is 10.5 Å². The van der Waals surface area contributed by atoms with Crippen LogP contribution in [0.15, 0.2) is 42.5 Å². The minimum absolute atomic E-state index is 0.518. The van der Waals surface area contributed by atoms with Crippen LogP contribution in [-0.2, 0) is 13.0 Å². The normalized spacial score (nSPS) is 10.5. The van der Waals surface area contributed by atoms with Gasteiger partial charge in [0, 0.05) is 6.54 Å². The molecule has 0 aliphatic carbocycles. The van der Waals surface area contributed by atoms with Crippen molar-refractivity contribution in [2.24, 2.45) is 5.73 Å². The Labute approximate surface area is 115 Å². The summed E-state index contributed by atoms with van der Waals surface area (Å²) >= 11 is 0. The molecule has 2 heteroatoms. The average Bonchev–Trinajstić information content (AvgIpc) is 2.47. The molecule has 2 aromatic rings. The number of hydrogen-bond acceptors (Lipinski definition) is 2. The molecule has 100 valence electrons. The van der Waals surface area contributed by atoms with E-state index in [0.29, 0.717) is 6.54 Å². The van der Waals surface area contributed by atoms with E-state index >= 15 is 0 Å². The molecule has 0 aliphatic rings. The lowest BCUT2D eigenvalue weighted by atomic mass is 9.97. The molecule has 2 N–H and O–H groups in total. The molecule has 0 aromatic heterocycles. The lowest BCUT2D eigenvalue weighted by Gasteiger charge is -2.11. The Morgan fingerprint density at radius 3 is 2.63 bits per heavy atom. The Kier molecular flexibility index (Phi) is 4.58. The summed E-state index contributed by atoms with van der Waals surface area (Å²) in [7, 11) is 1.68. The standard InChI is InChI=1S/C17H21NO/c1-3-5-13-6-4-7-14(10-13)17-9-8-16(19-2)11-15(17)12-18/h4,6-11H,3,5,12,18H2,1-2H3. The molecule has 2 rings (SSSR count). The van der Waals surface area contributed by atoms with Crippen LogP contribution in [0.1, 0.15) is 24.5 Å². The monoisotopic (exact) mass is 255 g/mol. The van der Waals surface area contributed by atoms with Crippen LogP contribution >= 0.6 is 0 Å². The van der Waals surface area contributed by atoms with E-state index < -0.39 is 0 Å². The average molecular weight is 255 g/mol. The van der Waals surface area contributed by atoms with E-state index in [0.717, 1.165) is 24.2 Å². The highest BCUT2D eigenvalue weighted by Crippen LogP contribution is 2.28. The van der Waals surface area contributed by atoms with Crippen LogP contribution in [0.2, 0.25) is 0 Å². The van der Waals surface area contributed by atoms with E-state index in [1.165, 1.54) is 16.7 Å². The highest BCUT2D eigenvalue weighted by molar-refractivity contribution is 5.69. The zero-order chi connectivity index (χ0) is 13.7. The molecule has 0 radical (unpaired) electrons. The molecule has 0 spiro atoms. The van der Waals surface area contributed by atoms with Gasteiger partial charge in [-0.25, -0.2) is 0 Å². The fraction of sp³-hybridized carbons (Fsp3) is 0.294. The van der Waals surface area contributed by atoms with Crippen LogP contribution in [0.25, 0.3) is 11.1 Å². The summed E-state index contributed by atoms with van der Waals surface area (Å²) in [5.41, 5.74) is 10.8. The molecule has 19 heavy (non-hydrogen) atoms. The Bertz CT molecular complexity index is 549. The van der Waals surface area contributed by atoms with Gasteiger partial charge in [-0.2, -0.15) is 0 Å². The number of methoxy groups -OCH3 is 1. The van der Waals surface area contributed by atoms with Crippen molar-refractivity contribution in [1.29, 1.82) is 0 Å². The number of aryl methyl sites for hydroxylation is 1. The Morgan fingerprint density at radius 2 is 1.95 bits per heavy atom. The van der Waals surface area contributed by atoms with Gasteiger partial charge >= 0.3 is 0 Å². The van der Waals surface area contributed by atoms with Crippen molar-refractivity contribution in [3.63, 3.8) is 0 Å². The second kappa shape index (κ2) is 6.39. The van der Waals surface area contributed by atoms with Crippen molar-refractivity contribution in [3.05, 3.63) is 53.6 Å². The molecular weight excluding hydrogens is 234 g/mol. The van der Waals surface area contributed by atoms with Crippen LogP contribution in [0.4, 0.5) is 0 Å². The summed E-state index contributed by atoms with van der Waals surface area (Å²) in [5.74, 6) is 0.855. The van der Waals surface area contributed by atoms with E-state index in [2.05, 4.69) is 37.3 Å². The van der Waals surface area contributed by atoms with Crippen molar-refractivity contribution in [2.45, 2.75) is 26.3 Å². The van der Waals surface area contributed by atoms with Gasteiger partial charge in [-0.1, -0.05) is 43.7 Å². The number of nitrogens with two attached hydrogens (primary N) is 1. The number of benzene rings is 2. The molecule has 0 fully saturated rings. The molecule has 0 saturated heterocycles. The van der Waals surface area contributed by atoms with Crippen LogP contribution in [-0.4, -0.2) is 7.11 Å². The highest BCUT2D eigenvalue weighted by Gasteiger charge is 2.06. The van der Waals surface area contributed by atoms with Gasteiger partial charge in [0.2, 0.25) is 0 Å². The first kappa shape index (κ1) is 13.6. The topological polar surface area (TPSA) is 35.2 Å². The number of rotatable bonds is 5. The smallest absolute Gasteiger partial charge is 0.119 e. The Balaban J connectivity index is 2.43. The van der Waals surface area contributed by atoms with Gasteiger partial charge in [0.05, 0.1) is 7.11 Å². The molecule has 0 atom stereocenters. The van der Waals surface area contributed by atoms with Crippen molar-refractivity contribution in [2.75, 3.05) is 7.11 Å². The third-order valence-electron chi connectivity index (χ3n) is 3.31. The van der Waals surface area contributed by atoms with Crippen LogP contribution in [0, 0.1) is 0 Å². The molecule has 0 amide bonds. The lowest BCUT2D eigenvalue weighted by molar-refractivity contribution is 0.414. The zero-order valence-corrected chi connectivity index (χ0v) is 11.6. The fourth-order valence-corrected chi connectivity index (χ4v) is 2.33. The first-order chi connectivity index (χ1) is 9.28. The predicted octanol–water partition coefficient (Wildman–Crippen LogP) is 3.77. The van der Waals surface area contributed by atoms with Crippen LogP contribution in [0.3, 0.4) is 0 Å². The molecule has 0 saturated carbocycles. The first-order valence-corrected chi connectivity index (χ1v) is 6.74. The molecule has 0 heterocycles. The van der Waals surface area contributed by atoms with Gasteiger partial charge in [-0.3, -0.25) is 0 Å². The lowest BCUT2D eigenvalue weighted by Crippen LogP contribution is -2.00. The van der Waals surface area contributed by atoms with Gasteiger partial charge < -0.3 is 10.5 Å². The van der Waals surface area contributed by atoms with Gasteiger partial charge in [-0.05, 0) is 40.8 Å². The second-order valence-electron chi connectivity index (χ2n) is 4.68. The summed E-state index contributed by atoms with van der Waals surface area (Å²) in [5, 5.41) is 0. The SMILES string of the molecule is CCCc1cccc(-c2ccc(OC)cc2CN)c1. The summed E-state index contributed by atoms with van der Waals surface area (Å²) in [4.78, 5) is 0. The van der Waals surface area contributed by atoms with E-state index in [9.17, 15) is 0 Å². The van der Waals surface area contributed by atoms with Crippen molar-refractivity contribution in [3.8, 4) is 16.9 Å². The van der Waals surface area contributed by atoms with E-state index in [-0.39, 0.29) is 0 Å². The summed E-state index contributed by atoms with van der Waals surface area (Å²) in [6, 6.07) is 14.8. The highest BCUT2D eigenvalue weighted by atomic mass is 16.5. The fourth-order valence-electron chi connectivity index (χ4n) is 2.33. The van der Waals surface area contributed by atoms with Gasteiger partial charge in [0.25, 0.3) is 0 Å². The van der Waals surface area contributed by atoms with Gasteiger partial charge in [0.1, 0.15) is 5.75 Å². The number of hydrogen-bond donors (Lipinski definition) is 1. The predicted molar refractivity (Wildman–Crippen MR) is 80.3 cm³/mol. The van der Waals surface area contributed by atoms with Crippen molar-refractivity contribution in [1.82, 2.24) is 0 Å². The van der Waals surface area contributed by atoms with E-state index in [4.69, 9.17) is 10.5 Å². The van der Waals surface area contributed by atoms with E-state index in [1.807, 2.05) is 12.1 Å². The molecule has 2 aromatic carbocycles. The molecule has 2 nitrogen and oxygen atoms in total. The van der Waals surface area contributed by atoms with Gasteiger partial charge in [-0.15, -0.1) is 0 Å². The molecular formula is C17H21NO. The maximum Gasteiger partial charge on any atom is 0.119 e. The summed E-state index contributed by atoms with van der Waals surface area (Å²) < 4.78 is 5.25. The summed E-state index contributed by atoms with van der Waals surface area (Å²) in [6.07, 6.45) is 2.28. The third-order valence-corrected chi connectivity index (χ3v) is 3.31. The van der Waals surface area contributed by atoms with Crippen molar-refractivity contribution < 1.29 is 4.74 Å². The quantitative estimate of drug-likeness (QED) is 0.882. The Hall–Kier alpha value is -1.80. The minimum Gasteiger partial charge on any atom is -0.497 e. The Morgan fingerprint density at radius 1 is 1.11 bits per heavy atom. The maximum absolute atomic E-state index is 5.85. The summed E-state index contributed by atoms with van der Waals surface area (Å²) in [6.45, 7) is 2.72. The van der Waals surface area contributed by atoms with Crippen molar-refractivity contribution >= 4 is 0 Å². The number of ether oxygens (including phenoxy) is 1. The second-order valence-corrected chi connectivity index (χ2v) is 4.68. The third kappa shape index (κ3) is 3.15. The molecule has 0 unspecified atom stereocenters. The molecule has 0 aliphatic heterocycles. The van der Waals surface area contributed by atoms with Crippen LogP contribution in [0.5, 0.6) is 5.75 Å². The first-order valence-electron chi connectivity index (χ1n) is 6.74. The van der Waals surface area contributed by atoms with Gasteiger partial charge in [0.15, 0.2) is 0 Å². The zero-order valence-electron chi connectivity index (χ0n) is 11.6. The minimum atomic E-state index is 0.518.